The van der Waals surface area contributed by atoms with Crippen molar-refractivity contribution in [1.82, 2.24) is 10.3 Å². The lowest BCUT2D eigenvalue weighted by Gasteiger charge is -2.39. The summed E-state index contributed by atoms with van der Waals surface area (Å²) >= 11 is 0. The van der Waals surface area contributed by atoms with Gasteiger partial charge in [-0.2, -0.15) is 0 Å². The van der Waals surface area contributed by atoms with Gasteiger partial charge in [-0.05, 0) is 57.1 Å². The molecule has 1 saturated carbocycles. The quantitative estimate of drug-likeness (QED) is 0.911. The summed E-state index contributed by atoms with van der Waals surface area (Å²) in [6, 6.07) is 4.76. The van der Waals surface area contributed by atoms with Gasteiger partial charge >= 0.3 is 0 Å². The summed E-state index contributed by atoms with van der Waals surface area (Å²) < 4.78 is 6.00. The standard InChI is InChI=1S/C18H30N2O/c1-17(2,3)12-13-7-8-19-16(9-13)21-15-10-14(11-15)20-18(4,5)6/h7-9,14-15,20H,10-12H2,1-6H3/t14-,15-. The Morgan fingerprint density at radius 1 is 1.19 bits per heavy atom. The molecule has 0 spiro atoms. The summed E-state index contributed by atoms with van der Waals surface area (Å²) in [6.45, 7) is 13.4. The van der Waals surface area contributed by atoms with Gasteiger partial charge in [0.2, 0.25) is 5.88 Å². The molecule has 1 aliphatic rings. The first kappa shape index (κ1) is 16.3. The molecule has 0 saturated heterocycles. The van der Waals surface area contributed by atoms with Crippen molar-refractivity contribution >= 4 is 0 Å². The van der Waals surface area contributed by atoms with E-state index in [9.17, 15) is 0 Å². The first-order valence-electron chi connectivity index (χ1n) is 8.00. The van der Waals surface area contributed by atoms with Crippen LogP contribution in [0, 0.1) is 5.41 Å². The molecule has 1 aromatic heterocycles. The first-order chi connectivity index (χ1) is 9.61. The van der Waals surface area contributed by atoms with E-state index in [0.717, 1.165) is 25.1 Å². The number of nitrogens with one attached hydrogen (secondary N) is 1. The van der Waals surface area contributed by atoms with E-state index < -0.39 is 0 Å². The zero-order valence-corrected chi connectivity index (χ0v) is 14.4. The highest BCUT2D eigenvalue weighted by Gasteiger charge is 2.33. The molecule has 1 aromatic rings. The molecule has 0 aliphatic heterocycles. The largest absolute Gasteiger partial charge is 0.474 e. The zero-order chi connectivity index (χ0) is 15.7. The molecule has 0 unspecified atom stereocenters. The Balaban J connectivity index is 1.84. The monoisotopic (exact) mass is 290 g/mol. The van der Waals surface area contributed by atoms with Gasteiger partial charge in [0, 0.05) is 23.8 Å². The molecule has 2 rings (SSSR count). The highest BCUT2D eigenvalue weighted by molar-refractivity contribution is 5.22. The molecule has 3 nitrogen and oxygen atoms in total. The fourth-order valence-corrected chi connectivity index (χ4v) is 2.80. The Bertz CT molecular complexity index is 465. The van der Waals surface area contributed by atoms with Gasteiger partial charge < -0.3 is 10.1 Å². The number of nitrogens with zero attached hydrogens (tertiary/aromatic N) is 1. The minimum absolute atomic E-state index is 0.181. The smallest absolute Gasteiger partial charge is 0.213 e. The maximum absolute atomic E-state index is 6.00. The van der Waals surface area contributed by atoms with Crippen LogP contribution >= 0.6 is 0 Å². The number of aromatic nitrogens is 1. The molecule has 1 aliphatic carbocycles. The molecule has 0 radical (unpaired) electrons. The van der Waals surface area contributed by atoms with Crippen LogP contribution in [-0.4, -0.2) is 22.7 Å². The van der Waals surface area contributed by atoms with E-state index >= 15 is 0 Å². The molecule has 118 valence electrons. The molecule has 1 heterocycles. The highest BCUT2D eigenvalue weighted by atomic mass is 16.5. The maximum atomic E-state index is 6.00. The lowest BCUT2D eigenvalue weighted by Crippen LogP contribution is -2.53. The fourth-order valence-electron chi connectivity index (χ4n) is 2.80. The van der Waals surface area contributed by atoms with Crippen molar-refractivity contribution in [3.63, 3.8) is 0 Å². The molecule has 1 N–H and O–H groups in total. The number of ether oxygens (including phenoxy) is 1. The second-order valence-electron chi connectivity index (χ2n) is 8.54. The van der Waals surface area contributed by atoms with Crippen molar-refractivity contribution in [2.24, 2.45) is 5.41 Å². The Morgan fingerprint density at radius 3 is 2.43 bits per heavy atom. The van der Waals surface area contributed by atoms with Crippen LogP contribution in [0.2, 0.25) is 0 Å². The summed E-state index contributed by atoms with van der Waals surface area (Å²) in [4.78, 5) is 4.35. The van der Waals surface area contributed by atoms with Crippen LogP contribution in [0.5, 0.6) is 5.88 Å². The topological polar surface area (TPSA) is 34.1 Å². The number of hydrogen-bond donors (Lipinski definition) is 1. The van der Waals surface area contributed by atoms with Crippen LogP contribution in [0.25, 0.3) is 0 Å². The summed E-state index contributed by atoms with van der Waals surface area (Å²) in [5, 5.41) is 3.61. The Morgan fingerprint density at radius 2 is 1.86 bits per heavy atom. The van der Waals surface area contributed by atoms with E-state index in [0.29, 0.717) is 12.1 Å². The van der Waals surface area contributed by atoms with E-state index in [1.165, 1.54) is 5.56 Å². The summed E-state index contributed by atoms with van der Waals surface area (Å²) in [6.07, 6.45) is 5.36. The Hall–Kier alpha value is -1.09. The summed E-state index contributed by atoms with van der Waals surface area (Å²) in [5.74, 6) is 0.774. The molecule has 3 heteroatoms. The third-order valence-corrected chi connectivity index (χ3v) is 3.55. The predicted octanol–water partition coefficient (Wildman–Crippen LogP) is 3.97. The van der Waals surface area contributed by atoms with Crippen LogP contribution in [-0.2, 0) is 6.42 Å². The minimum atomic E-state index is 0.181. The first-order valence-corrected chi connectivity index (χ1v) is 8.00. The van der Waals surface area contributed by atoms with Crippen LogP contribution in [0.4, 0.5) is 0 Å². The molecule has 0 aromatic carbocycles. The fraction of sp³-hybridized carbons (Fsp3) is 0.722. The molecular weight excluding hydrogens is 260 g/mol. The van der Waals surface area contributed by atoms with Gasteiger partial charge in [0.25, 0.3) is 0 Å². The van der Waals surface area contributed by atoms with Gasteiger partial charge in [0.1, 0.15) is 6.10 Å². The third-order valence-electron chi connectivity index (χ3n) is 3.55. The number of hydrogen-bond acceptors (Lipinski definition) is 3. The molecule has 0 bridgehead atoms. The predicted molar refractivity (Wildman–Crippen MR) is 87.7 cm³/mol. The normalized spacial score (nSPS) is 22.8. The van der Waals surface area contributed by atoms with E-state index in [-0.39, 0.29) is 11.0 Å². The molecule has 21 heavy (non-hydrogen) atoms. The van der Waals surface area contributed by atoms with Crippen molar-refractivity contribution in [3.05, 3.63) is 23.9 Å². The van der Waals surface area contributed by atoms with Crippen LogP contribution in [0.15, 0.2) is 18.3 Å². The lowest BCUT2D eigenvalue weighted by molar-refractivity contribution is 0.0693. The number of rotatable bonds is 4. The van der Waals surface area contributed by atoms with Crippen LogP contribution in [0.1, 0.15) is 59.9 Å². The van der Waals surface area contributed by atoms with Gasteiger partial charge in [-0.25, -0.2) is 4.98 Å². The molecule has 0 amide bonds. The van der Waals surface area contributed by atoms with Crippen molar-refractivity contribution in [2.45, 2.75) is 78.5 Å². The molecular formula is C18H30N2O. The number of pyridine rings is 1. The Labute approximate surface area is 129 Å². The van der Waals surface area contributed by atoms with Gasteiger partial charge in [0.15, 0.2) is 0 Å². The van der Waals surface area contributed by atoms with Crippen molar-refractivity contribution in [1.29, 1.82) is 0 Å². The van der Waals surface area contributed by atoms with Crippen molar-refractivity contribution < 1.29 is 4.74 Å². The third kappa shape index (κ3) is 5.66. The Kier molecular flexibility index (Phi) is 4.62. The maximum Gasteiger partial charge on any atom is 0.213 e. The second kappa shape index (κ2) is 5.96. The van der Waals surface area contributed by atoms with Gasteiger partial charge in [-0.15, -0.1) is 0 Å². The average molecular weight is 290 g/mol. The van der Waals surface area contributed by atoms with E-state index in [1.807, 2.05) is 6.20 Å². The second-order valence-corrected chi connectivity index (χ2v) is 8.54. The van der Waals surface area contributed by atoms with E-state index in [4.69, 9.17) is 4.74 Å². The van der Waals surface area contributed by atoms with Crippen LogP contribution < -0.4 is 10.1 Å². The SMILES string of the molecule is CC(C)(C)Cc1ccnc(O[C@H]2C[C@H](NC(C)(C)C)C2)c1. The minimum Gasteiger partial charge on any atom is -0.474 e. The zero-order valence-electron chi connectivity index (χ0n) is 14.4. The van der Waals surface area contributed by atoms with Gasteiger partial charge in [-0.1, -0.05) is 20.8 Å². The molecule has 1 fully saturated rings. The van der Waals surface area contributed by atoms with Gasteiger partial charge in [0.05, 0.1) is 0 Å². The van der Waals surface area contributed by atoms with Gasteiger partial charge in [-0.3, -0.25) is 0 Å². The van der Waals surface area contributed by atoms with Crippen molar-refractivity contribution in [2.75, 3.05) is 0 Å². The summed E-state index contributed by atoms with van der Waals surface area (Å²) in [5.41, 5.74) is 1.77. The lowest BCUT2D eigenvalue weighted by atomic mass is 9.87. The average Bonchev–Trinajstić information content (AvgIpc) is 2.22. The highest BCUT2D eigenvalue weighted by Crippen LogP contribution is 2.28. The summed E-state index contributed by atoms with van der Waals surface area (Å²) in [7, 11) is 0. The molecule has 0 atom stereocenters. The van der Waals surface area contributed by atoms with E-state index in [1.54, 1.807) is 0 Å². The van der Waals surface area contributed by atoms with Crippen LogP contribution in [0.3, 0.4) is 0 Å². The van der Waals surface area contributed by atoms with Crippen molar-refractivity contribution in [3.8, 4) is 5.88 Å². The van der Waals surface area contributed by atoms with E-state index in [2.05, 4.69) is 64.0 Å².